The van der Waals surface area contributed by atoms with E-state index in [2.05, 4.69) is 5.32 Å². The van der Waals surface area contributed by atoms with Gasteiger partial charge in [0.1, 0.15) is 0 Å². The molecule has 0 aliphatic carbocycles. The molecule has 0 saturated carbocycles. The molecule has 1 atom stereocenters. The highest BCUT2D eigenvalue weighted by molar-refractivity contribution is 5.87. The van der Waals surface area contributed by atoms with Gasteiger partial charge in [-0.3, -0.25) is 10.1 Å². The maximum absolute atomic E-state index is 14.1. The Bertz CT molecular complexity index is 1150. The summed E-state index contributed by atoms with van der Waals surface area (Å²) in [6, 6.07) is 12.2. The summed E-state index contributed by atoms with van der Waals surface area (Å²) >= 11 is 0. The average molecular weight is 466 g/mol. The lowest BCUT2D eigenvalue weighted by Gasteiger charge is -2.30. The van der Waals surface area contributed by atoms with Gasteiger partial charge in [0.25, 0.3) is 5.69 Å². The topological polar surface area (TPSA) is 130 Å². The number of amides is 1. The zero-order valence-corrected chi connectivity index (χ0v) is 17.2. The van der Waals surface area contributed by atoms with Gasteiger partial charge in [0, 0.05) is 55.5 Å². The summed E-state index contributed by atoms with van der Waals surface area (Å²) in [5.74, 6) is 0. The van der Waals surface area contributed by atoms with Crippen LogP contribution in [0.2, 0.25) is 0 Å². The Labute approximate surface area is 185 Å². The van der Waals surface area contributed by atoms with Crippen LogP contribution in [0.5, 0.6) is 0 Å². The first-order chi connectivity index (χ1) is 15.5. The van der Waals surface area contributed by atoms with Crippen molar-refractivity contribution >= 4 is 22.7 Å². The molecule has 0 fully saturated rings. The molecule has 0 spiro atoms. The molecule has 12 heteroatoms. The van der Waals surface area contributed by atoms with E-state index in [4.69, 9.17) is 5.11 Å². The predicted octanol–water partition coefficient (Wildman–Crippen LogP) is 3.20. The second-order valence-corrected chi connectivity index (χ2v) is 7.38. The molecule has 33 heavy (non-hydrogen) atoms. The second kappa shape index (κ2) is 9.46. The van der Waals surface area contributed by atoms with Gasteiger partial charge >= 0.3 is 12.3 Å². The Kier molecular flexibility index (Phi) is 6.89. The Morgan fingerprint density at radius 2 is 1.82 bits per heavy atom. The monoisotopic (exact) mass is 466 g/mol. The van der Waals surface area contributed by atoms with Crippen LogP contribution in [0.3, 0.4) is 0 Å². The minimum absolute atomic E-state index is 0.0156. The number of nitro benzene ring substituents is 1. The van der Waals surface area contributed by atoms with Gasteiger partial charge in [0.05, 0.1) is 10.4 Å². The zero-order valence-electron chi connectivity index (χ0n) is 17.2. The van der Waals surface area contributed by atoms with E-state index >= 15 is 0 Å². The summed E-state index contributed by atoms with van der Waals surface area (Å²) in [4.78, 5) is 21.1. The number of hydrogen-bond donors (Lipinski definition) is 4. The van der Waals surface area contributed by atoms with Gasteiger partial charge < -0.3 is 25.4 Å². The summed E-state index contributed by atoms with van der Waals surface area (Å²) in [6.07, 6.45) is -5.27. The number of alkyl halides is 3. The highest BCUT2D eigenvalue weighted by Crippen LogP contribution is 2.43. The summed E-state index contributed by atoms with van der Waals surface area (Å²) in [6.45, 7) is -1.13. The van der Waals surface area contributed by atoms with Crippen LogP contribution < -0.4 is 10.6 Å². The first-order valence-electron chi connectivity index (χ1n) is 9.81. The molecule has 0 radical (unpaired) electrons. The summed E-state index contributed by atoms with van der Waals surface area (Å²) in [5.41, 5.74) is -3.17. The van der Waals surface area contributed by atoms with E-state index < -0.39 is 34.9 Å². The number of benzene rings is 2. The first-order valence-corrected chi connectivity index (χ1v) is 9.81. The van der Waals surface area contributed by atoms with Gasteiger partial charge in [-0.25, -0.2) is 4.79 Å². The fourth-order valence-corrected chi connectivity index (χ4v) is 3.51. The van der Waals surface area contributed by atoms with E-state index in [9.17, 15) is 33.2 Å². The zero-order chi connectivity index (χ0) is 24.2. The van der Waals surface area contributed by atoms with Crippen molar-refractivity contribution in [1.29, 1.82) is 0 Å². The van der Waals surface area contributed by atoms with Gasteiger partial charge in [-0.15, -0.1) is 0 Å². The third-order valence-corrected chi connectivity index (χ3v) is 5.15. The van der Waals surface area contributed by atoms with Crippen LogP contribution in [0, 0.1) is 10.1 Å². The first kappa shape index (κ1) is 24.0. The lowest BCUT2D eigenvalue weighted by Crippen LogP contribution is -2.50. The van der Waals surface area contributed by atoms with Crippen LogP contribution in [-0.2, 0) is 12.1 Å². The van der Waals surface area contributed by atoms with Crippen molar-refractivity contribution in [1.82, 2.24) is 15.2 Å². The molecule has 1 unspecified atom stereocenters. The van der Waals surface area contributed by atoms with Crippen molar-refractivity contribution in [2.24, 2.45) is 0 Å². The molecule has 4 N–H and O–H groups in total. The van der Waals surface area contributed by atoms with Crippen molar-refractivity contribution in [2.75, 3.05) is 19.6 Å². The molecule has 176 valence electrons. The van der Waals surface area contributed by atoms with Crippen molar-refractivity contribution in [3.8, 4) is 0 Å². The van der Waals surface area contributed by atoms with Crippen LogP contribution >= 0.6 is 0 Å². The predicted molar refractivity (Wildman–Crippen MR) is 113 cm³/mol. The number of aliphatic hydroxyl groups is 1. The van der Waals surface area contributed by atoms with E-state index in [1.165, 1.54) is 16.7 Å². The standard InChI is InChI=1S/C21H21F3N4O5/c22-21(23,24)20(31,13-25-8-9-26-19(29)30)17-12-27(11-14-4-2-1-3-5-14)18-10-15(28(32)33)6-7-16(17)18/h1-7,10,12,25-26,31H,8-9,11,13H2,(H,29,30). The molecule has 2 aromatic carbocycles. The van der Waals surface area contributed by atoms with E-state index in [0.717, 1.165) is 17.8 Å². The van der Waals surface area contributed by atoms with Crippen molar-refractivity contribution in [3.63, 3.8) is 0 Å². The van der Waals surface area contributed by atoms with Crippen LogP contribution in [0.15, 0.2) is 54.7 Å². The Morgan fingerprint density at radius 3 is 2.42 bits per heavy atom. The molecule has 1 aromatic heterocycles. The fraction of sp³-hybridized carbons (Fsp3) is 0.286. The molecular weight excluding hydrogens is 445 g/mol. The van der Waals surface area contributed by atoms with Crippen molar-refractivity contribution < 1.29 is 33.1 Å². The second-order valence-electron chi connectivity index (χ2n) is 7.38. The van der Waals surface area contributed by atoms with E-state index in [1.54, 1.807) is 30.3 Å². The molecule has 0 bridgehead atoms. The van der Waals surface area contributed by atoms with Crippen LogP contribution in [0.25, 0.3) is 10.9 Å². The number of rotatable bonds is 9. The van der Waals surface area contributed by atoms with Crippen LogP contribution in [0.4, 0.5) is 23.7 Å². The average Bonchev–Trinajstić information content (AvgIpc) is 3.11. The van der Waals surface area contributed by atoms with E-state index in [1.807, 2.05) is 5.32 Å². The highest BCUT2D eigenvalue weighted by Gasteiger charge is 2.56. The quantitative estimate of drug-likeness (QED) is 0.218. The molecule has 1 amide bonds. The van der Waals surface area contributed by atoms with Gasteiger partial charge in [0.2, 0.25) is 0 Å². The lowest BCUT2D eigenvalue weighted by atomic mass is 9.92. The number of non-ortho nitro benzene ring substituents is 1. The third-order valence-electron chi connectivity index (χ3n) is 5.15. The Balaban J connectivity index is 2.05. The number of carboxylic acid groups (broad SMARTS) is 1. The fourth-order valence-electron chi connectivity index (χ4n) is 3.51. The smallest absolute Gasteiger partial charge is 0.422 e. The van der Waals surface area contributed by atoms with Gasteiger partial charge in [0.15, 0.2) is 5.60 Å². The minimum atomic E-state index is -5.09. The molecule has 3 aromatic rings. The number of hydrogen-bond acceptors (Lipinski definition) is 5. The maximum atomic E-state index is 14.1. The van der Waals surface area contributed by atoms with Crippen molar-refractivity contribution in [2.45, 2.75) is 18.3 Å². The Hall–Kier alpha value is -3.64. The van der Waals surface area contributed by atoms with Crippen molar-refractivity contribution in [3.05, 3.63) is 76.0 Å². The van der Waals surface area contributed by atoms with Gasteiger partial charge in [-0.05, 0) is 11.6 Å². The van der Waals surface area contributed by atoms with Crippen LogP contribution in [0.1, 0.15) is 11.1 Å². The minimum Gasteiger partial charge on any atom is -0.465 e. The van der Waals surface area contributed by atoms with Crippen LogP contribution in [-0.4, -0.2) is 51.6 Å². The number of nitro groups is 1. The molecule has 9 nitrogen and oxygen atoms in total. The lowest BCUT2D eigenvalue weighted by molar-refractivity contribution is -0.384. The maximum Gasteiger partial charge on any atom is 0.422 e. The molecule has 1 heterocycles. The number of nitrogens with one attached hydrogen (secondary N) is 2. The normalized spacial score (nSPS) is 13.6. The van der Waals surface area contributed by atoms with Gasteiger partial charge in [-0.2, -0.15) is 13.2 Å². The summed E-state index contributed by atoms with van der Waals surface area (Å²) in [5, 5.41) is 35.1. The van der Waals surface area contributed by atoms with Gasteiger partial charge in [-0.1, -0.05) is 30.3 Å². The molecule has 0 aliphatic rings. The number of nitrogens with zero attached hydrogens (tertiary/aromatic N) is 2. The number of halogens is 3. The summed E-state index contributed by atoms with van der Waals surface area (Å²) in [7, 11) is 0. The summed E-state index contributed by atoms with van der Waals surface area (Å²) < 4.78 is 43.7. The number of carbonyl (C=O) groups is 1. The number of aromatic nitrogens is 1. The van der Waals surface area contributed by atoms with E-state index in [0.29, 0.717) is 0 Å². The third kappa shape index (κ3) is 5.23. The molecule has 3 rings (SSSR count). The largest absolute Gasteiger partial charge is 0.465 e. The SMILES string of the molecule is O=C(O)NCCNCC(O)(c1cn(Cc2ccccc2)c2cc([N+](=O)[O-])ccc12)C(F)(F)F. The molecule has 0 aliphatic heterocycles. The molecular formula is C21H21F3N4O5. The van der Waals surface area contributed by atoms with E-state index in [-0.39, 0.29) is 36.2 Å². The highest BCUT2D eigenvalue weighted by atomic mass is 19.4. The molecule has 0 saturated heterocycles. The Morgan fingerprint density at radius 1 is 1.12 bits per heavy atom. The number of fused-ring (bicyclic) bond motifs is 1.